The lowest BCUT2D eigenvalue weighted by Crippen LogP contribution is -2.58. The van der Waals surface area contributed by atoms with Gasteiger partial charge in [-0.15, -0.1) is 0 Å². The zero-order chi connectivity index (χ0) is 30.2. The first-order valence-corrected chi connectivity index (χ1v) is 20.5. The van der Waals surface area contributed by atoms with Gasteiger partial charge in [0.2, 0.25) is 5.91 Å². The Bertz CT molecular complexity index is 784. The monoisotopic (exact) mass is 573 g/mol. The van der Waals surface area contributed by atoms with Crippen LogP contribution in [0.1, 0.15) is 83.1 Å². The zero-order valence-electron chi connectivity index (χ0n) is 28.2. The Morgan fingerprint density at radius 1 is 0.895 bits per heavy atom. The van der Waals surface area contributed by atoms with Gasteiger partial charge in [-0.25, -0.2) is 0 Å². The first-order chi connectivity index (χ1) is 16.8. The maximum Gasteiger partial charge on any atom is 0.227 e. The van der Waals surface area contributed by atoms with E-state index in [1.807, 2.05) is 34.9 Å². The number of ether oxygens (including phenoxy) is 2. The summed E-state index contributed by atoms with van der Waals surface area (Å²) in [5, 5.41) is 0.0720. The van der Waals surface area contributed by atoms with E-state index in [4.69, 9.17) is 18.3 Å². The van der Waals surface area contributed by atoms with E-state index in [1.165, 1.54) is 0 Å². The van der Waals surface area contributed by atoms with Crippen molar-refractivity contribution in [2.24, 2.45) is 23.7 Å². The van der Waals surface area contributed by atoms with Gasteiger partial charge < -0.3 is 23.2 Å². The number of carbonyl (C=O) groups excluding carboxylic acids is 1. The van der Waals surface area contributed by atoms with Crippen LogP contribution in [0.25, 0.3) is 0 Å². The molecule has 7 atom stereocenters. The van der Waals surface area contributed by atoms with E-state index >= 15 is 0 Å². The third-order valence-electron chi connectivity index (χ3n) is 9.54. The Hall–Kier alpha value is -0.256. The second-order valence-corrected chi connectivity index (χ2v) is 25.2. The lowest BCUT2D eigenvalue weighted by atomic mass is 9.79. The molecule has 1 heterocycles. The van der Waals surface area contributed by atoms with Crippen molar-refractivity contribution in [3.63, 3.8) is 0 Å². The van der Waals surface area contributed by atoms with Crippen molar-refractivity contribution < 1.29 is 23.1 Å². The number of nitrogens with zero attached hydrogens (tertiary/aromatic N) is 1. The van der Waals surface area contributed by atoms with Crippen LogP contribution in [0.4, 0.5) is 0 Å². The Balaban J connectivity index is 3.66. The Morgan fingerprint density at radius 3 is 1.71 bits per heavy atom. The van der Waals surface area contributed by atoms with Gasteiger partial charge in [0, 0.05) is 31.8 Å². The van der Waals surface area contributed by atoms with E-state index in [9.17, 15) is 4.79 Å². The molecule has 0 radical (unpaired) electrons. The smallest absolute Gasteiger partial charge is 0.227 e. The van der Waals surface area contributed by atoms with Gasteiger partial charge in [0.1, 0.15) is 0 Å². The van der Waals surface area contributed by atoms with Crippen LogP contribution in [-0.4, -0.2) is 72.2 Å². The summed E-state index contributed by atoms with van der Waals surface area (Å²) < 4.78 is 27.0. The van der Waals surface area contributed by atoms with Crippen LogP contribution >= 0.6 is 0 Å². The third kappa shape index (κ3) is 8.62. The molecular weight excluding hydrogens is 511 g/mol. The summed E-state index contributed by atoms with van der Waals surface area (Å²) in [4.78, 5) is 15.1. The molecular formula is C30H63NO5Si2. The van der Waals surface area contributed by atoms with Crippen LogP contribution in [0.2, 0.25) is 36.3 Å². The van der Waals surface area contributed by atoms with Crippen LogP contribution in [0.5, 0.6) is 0 Å². The number of hydrogen-bond acceptors (Lipinski definition) is 5. The minimum absolute atomic E-state index is 0.0195. The Morgan fingerprint density at radius 2 is 1.32 bits per heavy atom. The lowest BCUT2D eigenvalue weighted by Gasteiger charge is -2.50. The predicted molar refractivity (Wildman–Crippen MR) is 164 cm³/mol. The fourth-order valence-corrected chi connectivity index (χ4v) is 7.76. The normalized spacial score (nSPS) is 25.3. The van der Waals surface area contributed by atoms with Crippen LogP contribution in [0.15, 0.2) is 0 Å². The van der Waals surface area contributed by atoms with Crippen molar-refractivity contribution in [1.29, 1.82) is 0 Å². The highest BCUT2D eigenvalue weighted by atomic mass is 28.4. The first-order valence-electron chi connectivity index (χ1n) is 14.6. The van der Waals surface area contributed by atoms with Crippen molar-refractivity contribution in [1.82, 2.24) is 4.90 Å². The van der Waals surface area contributed by atoms with Gasteiger partial charge >= 0.3 is 0 Å². The molecule has 38 heavy (non-hydrogen) atoms. The number of carbonyl (C=O) groups is 1. The molecule has 0 N–H and O–H groups in total. The number of rotatable bonds is 10. The van der Waals surface area contributed by atoms with Crippen LogP contribution in [0.3, 0.4) is 0 Å². The molecule has 0 aromatic carbocycles. The van der Waals surface area contributed by atoms with Crippen LogP contribution < -0.4 is 0 Å². The van der Waals surface area contributed by atoms with Gasteiger partial charge in [-0.2, -0.15) is 0 Å². The zero-order valence-corrected chi connectivity index (χ0v) is 30.2. The highest BCUT2D eigenvalue weighted by molar-refractivity contribution is 6.74. The molecule has 0 saturated carbocycles. The third-order valence-corrected chi connectivity index (χ3v) is 18.5. The molecule has 226 valence electrons. The average Bonchev–Trinajstić information content (AvgIpc) is 2.73. The molecule has 1 aliphatic heterocycles. The standard InChI is InChI=1S/C30H63NO5Si2/c1-20-19-33-30(11,12)34-24(20)21(2)25(35-37(15,16)28(5,6)7)22(3)26(23(4)27(32)31(13)14)36-38(17,18)29(8,9)10/h20-26H,19H2,1-18H3/t20-,21+,22+,23-,24-,25+,26-/m1/s1. The molecule has 1 amide bonds. The topological polar surface area (TPSA) is 57.2 Å². The molecule has 1 aliphatic rings. The fourth-order valence-electron chi connectivity index (χ4n) is 4.84. The SMILES string of the molecule is C[C@H]([C@H](O[Si](C)(C)C(C)(C)C)[C@H](C)[C@@H](O[Si](C)(C)C(C)(C)C)[C@@H](C)C(=O)N(C)C)[C@@H]1OC(C)(C)OC[C@H]1C. The largest absolute Gasteiger partial charge is 0.413 e. The lowest BCUT2D eigenvalue weighted by molar-refractivity contribution is -0.304. The van der Waals surface area contributed by atoms with E-state index in [-0.39, 0.29) is 58.0 Å². The minimum Gasteiger partial charge on any atom is -0.413 e. The maximum absolute atomic E-state index is 13.4. The van der Waals surface area contributed by atoms with Gasteiger partial charge in [0.05, 0.1) is 30.8 Å². The second kappa shape index (κ2) is 12.3. The average molecular weight is 574 g/mol. The van der Waals surface area contributed by atoms with Gasteiger partial charge in [0.15, 0.2) is 22.4 Å². The Kier molecular flexibility index (Phi) is 11.6. The first kappa shape index (κ1) is 35.8. The molecule has 0 unspecified atom stereocenters. The summed E-state index contributed by atoms with van der Waals surface area (Å²) in [6, 6.07) is 0. The van der Waals surface area contributed by atoms with Crippen molar-refractivity contribution in [2.45, 2.75) is 143 Å². The maximum atomic E-state index is 13.4. The van der Waals surface area contributed by atoms with Crippen molar-refractivity contribution in [3.05, 3.63) is 0 Å². The van der Waals surface area contributed by atoms with Crippen LogP contribution in [-0.2, 0) is 23.1 Å². The van der Waals surface area contributed by atoms with Gasteiger partial charge in [-0.3, -0.25) is 4.79 Å². The van der Waals surface area contributed by atoms with E-state index in [2.05, 4.69) is 88.5 Å². The summed E-state index contributed by atoms with van der Waals surface area (Å²) >= 11 is 0. The molecule has 0 aromatic rings. The number of hydrogen-bond donors (Lipinski definition) is 0. The molecule has 0 aromatic heterocycles. The summed E-state index contributed by atoms with van der Waals surface area (Å²) in [5.74, 6) is -0.538. The van der Waals surface area contributed by atoms with E-state index < -0.39 is 22.4 Å². The summed E-state index contributed by atoms with van der Waals surface area (Å²) in [6.45, 7) is 36.2. The highest BCUT2D eigenvalue weighted by Gasteiger charge is 2.50. The van der Waals surface area contributed by atoms with Gasteiger partial charge in [-0.1, -0.05) is 69.2 Å². The minimum atomic E-state index is -2.19. The fraction of sp³-hybridized carbons (Fsp3) is 0.967. The summed E-state index contributed by atoms with van der Waals surface area (Å²) in [6.07, 6.45) is -0.431. The van der Waals surface area contributed by atoms with Crippen molar-refractivity contribution in [2.75, 3.05) is 20.7 Å². The van der Waals surface area contributed by atoms with E-state index in [0.717, 1.165) is 0 Å². The summed E-state index contributed by atoms with van der Waals surface area (Å²) in [5.41, 5.74) is 0. The van der Waals surface area contributed by atoms with E-state index in [0.29, 0.717) is 6.61 Å². The molecule has 0 bridgehead atoms. The van der Waals surface area contributed by atoms with Crippen LogP contribution in [0, 0.1) is 23.7 Å². The molecule has 1 saturated heterocycles. The molecule has 6 nitrogen and oxygen atoms in total. The molecule has 0 spiro atoms. The summed E-state index contributed by atoms with van der Waals surface area (Å²) in [7, 11) is -0.694. The van der Waals surface area contributed by atoms with Gasteiger partial charge in [0.25, 0.3) is 0 Å². The van der Waals surface area contributed by atoms with Gasteiger partial charge in [-0.05, 0) is 50.1 Å². The predicted octanol–water partition coefficient (Wildman–Crippen LogP) is 7.55. The molecule has 8 heteroatoms. The van der Waals surface area contributed by atoms with E-state index in [1.54, 1.807) is 4.90 Å². The Labute approximate surface area is 238 Å². The molecule has 1 rings (SSSR count). The van der Waals surface area contributed by atoms with Crippen molar-refractivity contribution in [3.8, 4) is 0 Å². The molecule has 1 fully saturated rings. The number of amides is 1. The second-order valence-electron chi connectivity index (χ2n) is 15.7. The van der Waals surface area contributed by atoms with Crippen molar-refractivity contribution >= 4 is 22.5 Å². The highest BCUT2D eigenvalue weighted by Crippen LogP contribution is 2.45. The quantitative estimate of drug-likeness (QED) is 0.253. The molecule has 0 aliphatic carbocycles.